The number of hydrogen-bond donors (Lipinski definition) is 1. The number of nitrogens with zero attached hydrogens (tertiary/aromatic N) is 5. The predicted molar refractivity (Wildman–Crippen MR) is 114 cm³/mol. The highest BCUT2D eigenvalue weighted by Gasteiger charge is 2.47. The number of imidazole rings is 1. The van der Waals surface area contributed by atoms with Crippen LogP contribution in [0.25, 0.3) is 22.1 Å². The summed E-state index contributed by atoms with van der Waals surface area (Å²) in [5.41, 5.74) is 3.10. The molecule has 160 valence electrons. The number of alkyl halides is 2. The van der Waals surface area contributed by atoms with E-state index in [2.05, 4.69) is 15.0 Å². The second-order valence-corrected chi connectivity index (χ2v) is 8.14. The Hall–Kier alpha value is -2.97. The average molecular weight is 423 g/mol. The molecule has 0 radical (unpaired) electrons. The van der Waals surface area contributed by atoms with Gasteiger partial charge in [0, 0.05) is 19.3 Å². The van der Waals surface area contributed by atoms with Crippen molar-refractivity contribution in [3.05, 3.63) is 66.2 Å². The predicted octanol–water partition coefficient (Wildman–Crippen LogP) is 4.12. The van der Waals surface area contributed by atoms with Crippen LogP contribution in [0.3, 0.4) is 0 Å². The van der Waals surface area contributed by atoms with Crippen molar-refractivity contribution in [1.29, 1.82) is 0 Å². The highest BCUT2D eigenvalue weighted by Crippen LogP contribution is 2.41. The number of halogens is 2. The largest absolute Gasteiger partial charge is 0.385 e. The molecule has 1 aromatic carbocycles. The molecule has 6 nitrogen and oxygen atoms in total. The number of benzene rings is 1. The SMILES string of the molecule is C[C@@H](O)c1nc2cnc3cccnc3c2n1[C@H]1CCN(Cc2ccccc2)CC1(F)F. The van der Waals surface area contributed by atoms with Gasteiger partial charge in [-0.2, -0.15) is 0 Å². The highest BCUT2D eigenvalue weighted by atomic mass is 19.3. The van der Waals surface area contributed by atoms with Crippen LogP contribution in [-0.2, 0) is 6.54 Å². The zero-order valence-electron chi connectivity index (χ0n) is 17.1. The monoisotopic (exact) mass is 423 g/mol. The van der Waals surface area contributed by atoms with Crippen LogP contribution in [0.4, 0.5) is 8.78 Å². The molecule has 8 heteroatoms. The van der Waals surface area contributed by atoms with Gasteiger partial charge in [0.1, 0.15) is 29.0 Å². The molecule has 1 aliphatic rings. The number of likely N-dealkylation sites (tertiary alicyclic amines) is 1. The fraction of sp³-hybridized carbons (Fsp3) is 0.348. The lowest BCUT2D eigenvalue weighted by Crippen LogP contribution is -2.49. The quantitative estimate of drug-likeness (QED) is 0.535. The summed E-state index contributed by atoms with van der Waals surface area (Å²) in [5.74, 6) is -2.79. The standard InChI is InChI=1S/C23H23F2N5O/c1-15(31)22-28-18-12-27-17-8-5-10-26-20(17)21(18)30(22)19-9-11-29(14-23(19,24)25)13-16-6-3-2-4-7-16/h2-8,10,12,15,19,31H,9,11,13-14H2,1H3/t15-,19+/m1/s1. The minimum absolute atomic E-state index is 0.219. The van der Waals surface area contributed by atoms with Crippen LogP contribution in [0.1, 0.15) is 36.9 Å². The molecule has 5 rings (SSSR count). The van der Waals surface area contributed by atoms with Crippen LogP contribution in [0.2, 0.25) is 0 Å². The molecule has 1 aliphatic heterocycles. The third-order valence-electron chi connectivity index (χ3n) is 5.88. The fourth-order valence-electron chi connectivity index (χ4n) is 4.51. The van der Waals surface area contributed by atoms with E-state index in [1.165, 1.54) is 4.57 Å². The van der Waals surface area contributed by atoms with E-state index in [4.69, 9.17) is 0 Å². The Morgan fingerprint density at radius 1 is 1.13 bits per heavy atom. The second kappa shape index (κ2) is 7.62. The minimum Gasteiger partial charge on any atom is -0.385 e. The Morgan fingerprint density at radius 2 is 1.94 bits per heavy atom. The lowest BCUT2D eigenvalue weighted by Gasteiger charge is -2.39. The molecule has 31 heavy (non-hydrogen) atoms. The van der Waals surface area contributed by atoms with Gasteiger partial charge in [-0.1, -0.05) is 30.3 Å². The lowest BCUT2D eigenvalue weighted by atomic mass is 9.99. The number of fused-ring (bicyclic) bond motifs is 3. The molecule has 2 atom stereocenters. The van der Waals surface area contributed by atoms with Gasteiger partial charge in [-0.15, -0.1) is 0 Å². The highest BCUT2D eigenvalue weighted by molar-refractivity contribution is 5.99. The van der Waals surface area contributed by atoms with Crippen molar-refractivity contribution < 1.29 is 13.9 Å². The van der Waals surface area contributed by atoms with E-state index in [1.54, 1.807) is 36.4 Å². The molecule has 0 aliphatic carbocycles. The van der Waals surface area contributed by atoms with Gasteiger partial charge in [0.05, 0.1) is 23.8 Å². The van der Waals surface area contributed by atoms with Crippen molar-refractivity contribution in [1.82, 2.24) is 24.4 Å². The van der Waals surface area contributed by atoms with Crippen molar-refractivity contribution in [2.75, 3.05) is 13.1 Å². The van der Waals surface area contributed by atoms with Crippen molar-refractivity contribution >= 4 is 22.1 Å². The van der Waals surface area contributed by atoms with E-state index in [1.807, 2.05) is 30.3 Å². The number of pyridine rings is 2. The maximum Gasteiger partial charge on any atom is 0.280 e. The van der Waals surface area contributed by atoms with Gasteiger partial charge in [-0.3, -0.25) is 14.9 Å². The summed E-state index contributed by atoms with van der Waals surface area (Å²) in [6.45, 7) is 2.18. The third-order valence-corrected chi connectivity index (χ3v) is 5.88. The first kappa shape index (κ1) is 20.0. The molecule has 1 saturated heterocycles. The van der Waals surface area contributed by atoms with Crippen LogP contribution in [0.15, 0.2) is 54.9 Å². The molecular formula is C23H23F2N5O. The van der Waals surface area contributed by atoms with Gasteiger partial charge in [0.15, 0.2) is 0 Å². The maximum atomic E-state index is 15.5. The fourth-order valence-corrected chi connectivity index (χ4v) is 4.51. The zero-order chi connectivity index (χ0) is 21.6. The number of rotatable bonds is 4. The van der Waals surface area contributed by atoms with Crippen LogP contribution >= 0.6 is 0 Å². The van der Waals surface area contributed by atoms with E-state index in [-0.39, 0.29) is 18.8 Å². The number of piperidine rings is 1. The molecule has 0 amide bonds. The second-order valence-electron chi connectivity index (χ2n) is 8.14. The van der Waals surface area contributed by atoms with Gasteiger partial charge >= 0.3 is 0 Å². The molecule has 0 bridgehead atoms. The molecule has 0 unspecified atom stereocenters. The van der Waals surface area contributed by atoms with E-state index < -0.39 is 18.1 Å². The first-order valence-corrected chi connectivity index (χ1v) is 10.4. The lowest BCUT2D eigenvalue weighted by molar-refractivity contribution is -0.106. The summed E-state index contributed by atoms with van der Waals surface area (Å²) in [5, 5.41) is 10.3. The first-order valence-electron chi connectivity index (χ1n) is 10.4. The summed E-state index contributed by atoms with van der Waals surface area (Å²) < 4.78 is 32.6. The summed E-state index contributed by atoms with van der Waals surface area (Å²) >= 11 is 0. The topological polar surface area (TPSA) is 67.1 Å². The van der Waals surface area contributed by atoms with E-state index in [0.29, 0.717) is 35.2 Å². The molecule has 0 spiro atoms. The normalized spacial score (nSPS) is 20.3. The zero-order valence-corrected chi connectivity index (χ0v) is 17.1. The maximum absolute atomic E-state index is 15.5. The smallest absolute Gasteiger partial charge is 0.280 e. The Kier molecular flexibility index (Phi) is 4.91. The summed E-state index contributed by atoms with van der Waals surface area (Å²) in [7, 11) is 0. The molecular weight excluding hydrogens is 400 g/mol. The van der Waals surface area contributed by atoms with Crippen molar-refractivity contribution in [2.45, 2.75) is 38.0 Å². The van der Waals surface area contributed by atoms with Crippen LogP contribution in [0.5, 0.6) is 0 Å². The minimum atomic E-state index is -3.01. The Morgan fingerprint density at radius 3 is 2.68 bits per heavy atom. The van der Waals surface area contributed by atoms with Crippen LogP contribution < -0.4 is 0 Å². The third kappa shape index (κ3) is 3.55. The number of hydrogen-bond acceptors (Lipinski definition) is 5. The van der Waals surface area contributed by atoms with E-state index in [9.17, 15) is 5.11 Å². The van der Waals surface area contributed by atoms with Crippen LogP contribution in [0, 0.1) is 0 Å². The van der Waals surface area contributed by atoms with Crippen molar-refractivity contribution in [2.24, 2.45) is 0 Å². The summed E-state index contributed by atoms with van der Waals surface area (Å²) in [6.07, 6.45) is 2.42. The number of aliphatic hydroxyl groups is 1. The average Bonchev–Trinajstić information content (AvgIpc) is 3.14. The van der Waals surface area contributed by atoms with Crippen molar-refractivity contribution in [3.63, 3.8) is 0 Å². The summed E-state index contributed by atoms with van der Waals surface area (Å²) in [4.78, 5) is 15.0. The van der Waals surface area contributed by atoms with Gasteiger partial charge in [0.2, 0.25) is 0 Å². The van der Waals surface area contributed by atoms with E-state index >= 15 is 8.78 Å². The van der Waals surface area contributed by atoms with Gasteiger partial charge in [-0.25, -0.2) is 13.8 Å². The molecule has 1 N–H and O–H groups in total. The van der Waals surface area contributed by atoms with Gasteiger partial charge in [-0.05, 0) is 31.0 Å². The number of aliphatic hydroxyl groups excluding tert-OH is 1. The number of aromatic nitrogens is 4. The molecule has 3 aromatic heterocycles. The Bertz CT molecular complexity index is 1220. The molecule has 4 aromatic rings. The van der Waals surface area contributed by atoms with Gasteiger partial charge < -0.3 is 9.67 Å². The first-order chi connectivity index (χ1) is 14.9. The summed E-state index contributed by atoms with van der Waals surface area (Å²) in [6, 6.07) is 12.1. The molecule has 1 fully saturated rings. The van der Waals surface area contributed by atoms with E-state index in [0.717, 1.165) is 5.56 Å². The Labute approximate surface area is 178 Å². The molecule has 4 heterocycles. The Balaban J connectivity index is 1.57. The van der Waals surface area contributed by atoms with Crippen molar-refractivity contribution in [3.8, 4) is 0 Å². The van der Waals surface area contributed by atoms with Gasteiger partial charge in [0.25, 0.3) is 5.92 Å². The molecule has 0 saturated carbocycles. The van der Waals surface area contributed by atoms with Crippen LogP contribution in [-0.4, -0.2) is 48.5 Å².